The molecule has 4 rings (SSSR count). The summed E-state index contributed by atoms with van der Waals surface area (Å²) in [4.78, 5) is 24.1. The molecule has 1 aromatic rings. The molecule has 0 aromatic carbocycles. The highest BCUT2D eigenvalue weighted by Crippen LogP contribution is 2.70. The van der Waals surface area contributed by atoms with Crippen molar-refractivity contribution in [2.45, 2.75) is 71.4 Å². The van der Waals surface area contributed by atoms with Gasteiger partial charge in [0, 0.05) is 42.2 Å². The Labute approximate surface area is 158 Å². The number of aryl methyl sites for hydroxylation is 1. The van der Waals surface area contributed by atoms with Crippen LogP contribution >= 0.6 is 0 Å². The fourth-order valence-corrected chi connectivity index (χ4v) is 5.20. The first kappa shape index (κ1) is 18.3. The summed E-state index contributed by atoms with van der Waals surface area (Å²) in [5.74, 6) is -0.00596. The van der Waals surface area contributed by atoms with E-state index in [0.717, 1.165) is 16.9 Å². The van der Waals surface area contributed by atoms with Crippen LogP contribution in [0.3, 0.4) is 0 Å². The van der Waals surface area contributed by atoms with Crippen molar-refractivity contribution in [1.29, 1.82) is 0 Å². The van der Waals surface area contributed by atoms with Crippen molar-refractivity contribution < 1.29 is 28.2 Å². The minimum absolute atomic E-state index is 0.0572. The number of fused-ring (bicyclic) bond motifs is 1. The molecule has 27 heavy (non-hydrogen) atoms. The van der Waals surface area contributed by atoms with Gasteiger partial charge in [0.25, 0.3) is 0 Å². The first-order chi connectivity index (χ1) is 12.6. The van der Waals surface area contributed by atoms with Crippen molar-refractivity contribution in [3.05, 3.63) is 35.3 Å². The highest BCUT2D eigenvalue weighted by atomic mass is 16.6. The van der Waals surface area contributed by atoms with Crippen LogP contribution in [-0.4, -0.2) is 29.7 Å². The molecule has 0 amide bonds. The fourth-order valence-electron chi connectivity index (χ4n) is 5.20. The summed E-state index contributed by atoms with van der Waals surface area (Å²) in [6.07, 6.45) is 2.07. The van der Waals surface area contributed by atoms with Crippen LogP contribution in [0.2, 0.25) is 0 Å². The summed E-state index contributed by atoms with van der Waals surface area (Å²) in [5.41, 5.74) is 1.25. The summed E-state index contributed by atoms with van der Waals surface area (Å²) in [5, 5.41) is 0. The van der Waals surface area contributed by atoms with Crippen LogP contribution < -0.4 is 0 Å². The van der Waals surface area contributed by atoms with E-state index in [1.54, 1.807) is 13.2 Å². The van der Waals surface area contributed by atoms with Crippen molar-refractivity contribution in [2.24, 2.45) is 11.3 Å². The number of furan rings is 1. The molecule has 2 aliphatic carbocycles. The van der Waals surface area contributed by atoms with E-state index in [4.69, 9.17) is 18.6 Å². The zero-order valence-corrected chi connectivity index (χ0v) is 16.5. The number of rotatable bonds is 3. The van der Waals surface area contributed by atoms with Crippen molar-refractivity contribution >= 4 is 11.9 Å². The molecule has 6 heteroatoms. The molecule has 1 saturated heterocycles. The number of ether oxygens (including phenoxy) is 3. The van der Waals surface area contributed by atoms with Crippen molar-refractivity contribution in [1.82, 2.24) is 0 Å². The Morgan fingerprint density at radius 1 is 1.30 bits per heavy atom. The summed E-state index contributed by atoms with van der Waals surface area (Å²) in [6.45, 7) is 12.8. The van der Waals surface area contributed by atoms with Gasteiger partial charge in [-0.3, -0.25) is 4.79 Å². The third-order valence-electron chi connectivity index (χ3n) is 6.90. The predicted molar refractivity (Wildman–Crippen MR) is 95.8 cm³/mol. The maximum absolute atomic E-state index is 12.1. The third-order valence-corrected chi connectivity index (χ3v) is 6.90. The van der Waals surface area contributed by atoms with Gasteiger partial charge >= 0.3 is 11.9 Å². The second-order valence-corrected chi connectivity index (χ2v) is 8.45. The highest BCUT2D eigenvalue weighted by Gasteiger charge is 2.78. The van der Waals surface area contributed by atoms with Gasteiger partial charge in [-0.1, -0.05) is 20.4 Å². The lowest BCUT2D eigenvalue weighted by molar-refractivity contribution is -0.180. The van der Waals surface area contributed by atoms with Gasteiger partial charge < -0.3 is 18.6 Å². The molecule has 2 fully saturated rings. The number of carbonyl (C=O) groups excluding carboxylic acids is 2. The lowest BCUT2D eigenvalue weighted by Gasteiger charge is -2.52. The Morgan fingerprint density at radius 3 is 2.63 bits per heavy atom. The van der Waals surface area contributed by atoms with Crippen LogP contribution in [0.5, 0.6) is 0 Å². The minimum Gasteiger partial charge on any atom is -0.469 e. The van der Waals surface area contributed by atoms with E-state index in [0.29, 0.717) is 18.4 Å². The Hall–Kier alpha value is -2.08. The van der Waals surface area contributed by atoms with Gasteiger partial charge in [-0.05, 0) is 19.4 Å². The predicted octanol–water partition coefficient (Wildman–Crippen LogP) is 3.42. The summed E-state index contributed by atoms with van der Waals surface area (Å²) >= 11 is 0. The Morgan fingerprint density at radius 2 is 2.00 bits per heavy atom. The first-order valence-corrected chi connectivity index (χ1v) is 9.40. The number of hydrogen-bond donors (Lipinski definition) is 0. The van der Waals surface area contributed by atoms with Gasteiger partial charge in [0.05, 0.1) is 12.4 Å². The number of esters is 2. The zero-order chi connectivity index (χ0) is 19.7. The molecule has 1 spiro atoms. The van der Waals surface area contributed by atoms with Crippen LogP contribution in [0.4, 0.5) is 0 Å². The molecule has 146 valence electrons. The molecule has 0 unspecified atom stereocenters. The van der Waals surface area contributed by atoms with Gasteiger partial charge in [0.15, 0.2) is 0 Å². The molecule has 1 aromatic heterocycles. The van der Waals surface area contributed by atoms with Crippen molar-refractivity contribution in [3.8, 4) is 0 Å². The van der Waals surface area contributed by atoms with Gasteiger partial charge in [-0.2, -0.15) is 0 Å². The van der Waals surface area contributed by atoms with E-state index in [-0.39, 0.29) is 24.1 Å². The maximum Gasteiger partial charge on any atom is 0.333 e. The van der Waals surface area contributed by atoms with Crippen LogP contribution in [0, 0.1) is 18.3 Å². The molecule has 1 aliphatic heterocycles. The van der Waals surface area contributed by atoms with Gasteiger partial charge in [0.1, 0.15) is 23.6 Å². The smallest absolute Gasteiger partial charge is 0.333 e. The second kappa shape index (κ2) is 5.71. The Balaban J connectivity index is 1.78. The molecule has 0 N–H and O–H groups in total. The summed E-state index contributed by atoms with van der Waals surface area (Å²) < 4.78 is 23.6. The summed E-state index contributed by atoms with van der Waals surface area (Å²) in [7, 11) is 0. The monoisotopic (exact) mass is 374 g/mol. The molecular formula is C21H26O6. The normalized spacial score (nSPS) is 38.9. The fraction of sp³-hybridized carbons (Fsp3) is 0.619. The van der Waals surface area contributed by atoms with Crippen molar-refractivity contribution in [3.63, 3.8) is 0 Å². The summed E-state index contributed by atoms with van der Waals surface area (Å²) in [6, 6.07) is 0. The second-order valence-electron chi connectivity index (χ2n) is 8.45. The number of hydrogen-bond acceptors (Lipinski definition) is 6. The van der Waals surface area contributed by atoms with E-state index < -0.39 is 23.1 Å². The highest BCUT2D eigenvalue weighted by molar-refractivity contribution is 5.87. The SMILES string of the molecule is C=C(C)C(=O)O[C@H]1C[C@H]2O[C@]23Cc2occ(C)c2[C@@H](OC(C)=O)[C@]3(C)[C@H]1C. The molecule has 3 aliphatic rings. The molecule has 6 nitrogen and oxygen atoms in total. The van der Waals surface area contributed by atoms with Crippen LogP contribution in [-0.2, 0) is 30.2 Å². The molecule has 0 radical (unpaired) electrons. The molecule has 2 heterocycles. The van der Waals surface area contributed by atoms with Crippen LogP contribution in [0.1, 0.15) is 57.1 Å². The number of carbonyl (C=O) groups is 2. The quantitative estimate of drug-likeness (QED) is 0.458. The van der Waals surface area contributed by atoms with Crippen LogP contribution in [0.15, 0.2) is 22.8 Å². The third kappa shape index (κ3) is 2.35. The largest absolute Gasteiger partial charge is 0.469 e. The topological polar surface area (TPSA) is 78.3 Å². The lowest BCUT2D eigenvalue weighted by Crippen LogP contribution is -2.58. The standard InChI is InChI=1S/C21H26O6/c1-10(2)19(23)26-14-7-16-21(27-16)8-15-17(11(3)9-24-15)18(25-13(5)22)20(21,6)12(14)4/h9,12,14,16,18H,1,7-8H2,2-6H3/t12-,14-,16+,18+,20-,21+/m0/s1. The van der Waals surface area contributed by atoms with E-state index in [1.807, 2.05) is 13.8 Å². The van der Waals surface area contributed by atoms with Gasteiger partial charge in [0.2, 0.25) is 0 Å². The lowest BCUT2D eigenvalue weighted by atomic mass is 9.53. The van der Waals surface area contributed by atoms with E-state index in [1.165, 1.54) is 6.92 Å². The minimum atomic E-state index is -0.538. The molecule has 0 bridgehead atoms. The average Bonchev–Trinajstić information content (AvgIpc) is 3.16. The van der Waals surface area contributed by atoms with E-state index >= 15 is 0 Å². The van der Waals surface area contributed by atoms with Gasteiger partial charge in [-0.15, -0.1) is 0 Å². The maximum atomic E-state index is 12.1. The van der Waals surface area contributed by atoms with Crippen molar-refractivity contribution in [2.75, 3.05) is 0 Å². The Bertz CT molecular complexity index is 838. The van der Waals surface area contributed by atoms with Crippen LogP contribution in [0.25, 0.3) is 0 Å². The van der Waals surface area contributed by atoms with Gasteiger partial charge in [-0.25, -0.2) is 4.79 Å². The number of epoxide rings is 1. The van der Waals surface area contributed by atoms with E-state index in [9.17, 15) is 9.59 Å². The van der Waals surface area contributed by atoms with E-state index in [2.05, 4.69) is 13.5 Å². The Kier molecular flexibility index (Phi) is 3.87. The molecular weight excluding hydrogens is 348 g/mol. The average molecular weight is 374 g/mol. The molecule has 1 saturated carbocycles. The first-order valence-electron chi connectivity index (χ1n) is 9.40. The molecule has 6 atom stereocenters. The zero-order valence-electron chi connectivity index (χ0n) is 16.5.